The lowest BCUT2D eigenvalue weighted by Crippen LogP contribution is -2.58. The van der Waals surface area contributed by atoms with E-state index in [2.05, 4.69) is 17.1 Å². The van der Waals surface area contributed by atoms with Gasteiger partial charge in [0.1, 0.15) is 17.9 Å². The molecule has 3 rings (SSSR count). The van der Waals surface area contributed by atoms with Crippen LogP contribution in [0.5, 0.6) is 0 Å². The van der Waals surface area contributed by atoms with Crippen molar-refractivity contribution in [3.63, 3.8) is 0 Å². The predicted octanol–water partition coefficient (Wildman–Crippen LogP) is 4.25. The number of carbonyl (C=O) groups excluding carboxylic acids is 3. The van der Waals surface area contributed by atoms with Gasteiger partial charge in [0, 0.05) is 37.8 Å². The number of hydrogen-bond acceptors (Lipinski definition) is 5. The molecule has 1 aliphatic rings. The smallest absolute Gasteiger partial charge is 0.408 e. The molecule has 2 aromatic carbocycles. The Bertz CT molecular complexity index is 996. The Balaban J connectivity index is 1.70. The maximum Gasteiger partial charge on any atom is 0.408 e. The lowest BCUT2D eigenvalue weighted by atomic mass is 10.0. The number of amides is 2. The third kappa shape index (κ3) is 6.79. The van der Waals surface area contributed by atoms with Crippen LogP contribution in [0.3, 0.4) is 0 Å². The topological polar surface area (TPSA) is 79.0 Å². The van der Waals surface area contributed by atoms with Gasteiger partial charge < -0.3 is 19.7 Å². The summed E-state index contributed by atoms with van der Waals surface area (Å²) in [5.74, 6) is 0.0387. The Kier molecular flexibility index (Phi) is 8.67. The van der Waals surface area contributed by atoms with E-state index < -0.39 is 17.7 Å². The van der Waals surface area contributed by atoms with Gasteiger partial charge in [0.2, 0.25) is 0 Å². The van der Waals surface area contributed by atoms with Crippen LogP contribution >= 0.6 is 0 Å². The highest BCUT2D eigenvalue weighted by atomic mass is 16.6. The van der Waals surface area contributed by atoms with E-state index in [1.54, 1.807) is 20.8 Å². The lowest BCUT2D eigenvalue weighted by Gasteiger charge is -2.42. The van der Waals surface area contributed by atoms with Gasteiger partial charge in [0.15, 0.2) is 0 Å². The summed E-state index contributed by atoms with van der Waals surface area (Å²) in [4.78, 5) is 41.5. The minimum Gasteiger partial charge on any atom is -0.444 e. The fraction of sp³-hybridized carbons (Fsp3) is 0.519. The molecular weight excluding hydrogens is 430 g/mol. The standard InChI is InChI=1S/C27H37N3O4/c1-5-6-12-22-18-30(25(32)24-14-9-11-20-10-7-8-13-23(20)24)16-15-29(22)17-21(19-31)28-26(33)34-27(2,3)4/h7-11,13-14,19,21-22H,5-6,12,15-18H2,1-4H3,(H,28,33). The van der Waals surface area contributed by atoms with Crippen molar-refractivity contribution in [2.75, 3.05) is 26.2 Å². The summed E-state index contributed by atoms with van der Waals surface area (Å²) in [5, 5.41) is 4.69. The van der Waals surface area contributed by atoms with Crippen molar-refractivity contribution in [2.45, 2.75) is 64.6 Å². The van der Waals surface area contributed by atoms with E-state index in [-0.39, 0.29) is 11.9 Å². The molecule has 184 valence electrons. The molecule has 2 atom stereocenters. The number of aldehydes is 1. The summed E-state index contributed by atoms with van der Waals surface area (Å²) >= 11 is 0. The zero-order valence-corrected chi connectivity index (χ0v) is 20.8. The molecule has 2 aromatic rings. The van der Waals surface area contributed by atoms with Crippen molar-refractivity contribution in [3.8, 4) is 0 Å². The van der Waals surface area contributed by atoms with Crippen LogP contribution in [0.15, 0.2) is 42.5 Å². The Morgan fingerprint density at radius 2 is 1.88 bits per heavy atom. The second kappa shape index (κ2) is 11.5. The van der Waals surface area contributed by atoms with Crippen molar-refractivity contribution in [1.82, 2.24) is 15.1 Å². The Hall–Kier alpha value is -2.93. The average Bonchev–Trinajstić information content (AvgIpc) is 2.80. The molecule has 2 amide bonds. The second-order valence-electron chi connectivity index (χ2n) is 9.96. The largest absolute Gasteiger partial charge is 0.444 e. The number of alkyl carbamates (subject to hydrolysis) is 1. The van der Waals surface area contributed by atoms with Crippen molar-refractivity contribution in [1.29, 1.82) is 0 Å². The van der Waals surface area contributed by atoms with Crippen LogP contribution < -0.4 is 5.32 Å². The van der Waals surface area contributed by atoms with E-state index in [1.807, 2.05) is 47.4 Å². The molecule has 1 saturated heterocycles. The molecule has 34 heavy (non-hydrogen) atoms. The number of rotatable bonds is 8. The number of ether oxygens (including phenoxy) is 1. The van der Waals surface area contributed by atoms with Gasteiger partial charge in [-0.15, -0.1) is 0 Å². The molecule has 0 bridgehead atoms. The van der Waals surface area contributed by atoms with E-state index in [0.717, 1.165) is 41.9 Å². The fourth-order valence-corrected chi connectivity index (χ4v) is 4.45. The SMILES string of the molecule is CCCCC1CN(C(=O)c2cccc3ccccc23)CCN1CC(C=O)NC(=O)OC(C)(C)C. The van der Waals surface area contributed by atoms with Crippen molar-refractivity contribution in [3.05, 3.63) is 48.0 Å². The number of carbonyl (C=O) groups is 3. The van der Waals surface area contributed by atoms with E-state index in [9.17, 15) is 14.4 Å². The van der Waals surface area contributed by atoms with Crippen LogP contribution in [0.2, 0.25) is 0 Å². The molecule has 0 radical (unpaired) electrons. The Morgan fingerprint density at radius 3 is 2.59 bits per heavy atom. The maximum absolute atomic E-state index is 13.5. The van der Waals surface area contributed by atoms with E-state index in [1.165, 1.54) is 0 Å². The Labute approximate surface area is 202 Å². The molecule has 0 aliphatic carbocycles. The van der Waals surface area contributed by atoms with E-state index >= 15 is 0 Å². The first kappa shape index (κ1) is 25.7. The normalized spacial score (nSPS) is 17.9. The zero-order chi connectivity index (χ0) is 24.7. The average molecular weight is 468 g/mol. The monoisotopic (exact) mass is 467 g/mol. The number of piperazine rings is 1. The van der Waals surface area contributed by atoms with Gasteiger partial charge in [-0.05, 0) is 44.0 Å². The minimum atomic E-state index is -0.667. The van der Waals surface area contributed by atoms with Gasteiger partial charge in [-0.1, -0.05) is 56.2 Å². The number of fused-ring (bicyclic) bond motifs is 1. The number of hydrogen-bond donors (Lipinski definition) is 1. The third-order valence-electron chi connectivity index (χ3n) is 6.10. The number of nitrogens with zero attached hydrogens (tertiary/aromatic N) is 2. The molecular formula is C27H37N3O4. The summed E-state index contributed by atoms with van der Waals surface area (Å²) in [6.45, 7) is 9.71. The number of benzene rings is 2. The molecule has 2 unspecified atom stereocenters. The quantitative estimate of drug-likeness (QED) is 0.587. The molecule has 1 heterocycles. The molecule has 7 nitrogen and oxygen atoms in total. The third-order valence-corrected chi connectivity index (χ3v) is 6.10. The van der Waals surface area contributed by atoms with Crippen molar-refractivity contribution in [2.24, 2.45) is 0 Å². The van der Waals surface area contributed by atoms with Crippen LogP contribution in [0.25, 0.3) is 10.8 Å². The lowest BCUT2D eigenvalue weighted by molar-refractivity contribution is -0.110. The summed E-state index contributed by atoms with van der Waals surface area (Å²) < 4.78 is 5.30. The van der Waals surface area contributed by atoms with Gasteiger partial charge >= 0.3 is 6.09 Å². The van der Waals surface area contributed by atoms with E-state index in [4.69, 9.17) is 4.74 Å². The fourth-order valence-electron chi connectivity index (χ4n) is 4.45. The molecule has 1 aliphatic heterocycles. The Morgan fingerprint density at radius 1 is 1.15 bits per heavy atom. The summed E-state index contributed by atoms with van der Waals surface area (Å²) in [7, 11) is 0. The van der Waals surface area contributed by atoms with Crippen LogP contribution in [0.4, 0.5) is 4.79 Å². The molecule has 1 fully saturated rings. The second-order valence-corrected chi connectivity index (χ2v) is 9.96. The van der Waals surface area contributed by atoms with Gasteiger partial charge in [0.25, 0.3) is 5.91 Å². The number of nitrogens with one attached hydrogen (secondary N) is 1. The van der Waals surface area contributed by atoms with Gasteiger partial charge in [-0.3, -0.25) is 9.69 Å². The summed E-state index contributed by atoms with van der Waals surface area (Å²) in [5.41, 5.74) is 0.0903. The van der Waals surface area contributed by atoms with Crippen molar-refractivity contribution >= 4 is 29.1 Å². The summed E-state index contributed by atoms with van der Waals surface area (Å²) in [6, 6.07) is 13.2. The minimum absolute atomic E-state index is 0.0387. The first-order valence-corrected chi connectivity index (χ1v) is 12.2. The van der Waals surface area contributed by atoms with Crippen LogP contribution in [0, 0.1) is 0 Å². The highest BCUT2D eigenvalue weighted by Crippen LogP contribution is 2.23. The van der Waals surface area contributed by atoms with Gasteiger partial charge in [-0.2, -0.15) is 0 Å². The first-order valence-electron chi connectivity index (χ1n) is 12.2. The van der Waals surface area contributed by atoms with E-state index in [0.29, 0.717) is 26.2 Å². The van der Waals surface area contributed by atoms with Crippen LogP contribution in [-0.4, -0.2) is 72.0 Å². The van der Waals surface area contributed by atoms with Gasteiger partial charge in [0.05, 0.1) is 0 Å². The van der Waals surface area contributed by atoms with Crippen molar-refractivity contribution < 1.29 is 19.1 Å². The number of unbranched alkanes of at least 4 members (excludes halogenated alkanes) is 1. The van der Waals surface area contributed by atoms with Crippen LogP contribution in [-0.2, 0) is 9.53 Å². The molecule has 0 aromatic heterocycles. The molecule has 0 spiro atoms. The summed E-state index contributed by atoms with van der Waals surface area (Å²) in [6.07, 6.45) is 3.17. The molecule has 0 saturated carbocycles. The molecule has 1 N–H and O–H groups in total. The first-order chi connectivity index (χ1) is 16.2. The highest BCUT2D eigenvalue weighted by Gasteiger charge is 2.32. The zero-order valence-electron chi connectivity index (χ0n) is 20.8. The maximum atomic E-state index is 13.5. The van der Waals surface area contributed by atoms with Gasteiger partial charge in [-0.25, -0.2) is 4.79 Å². The molecule has 7 heteroatoms. The van der Waals surface area contributed by atoms with Crippen LogP contribution in [0.1, 0.15) is 57.3 Å². The predicted molar refractivity (Wildman–Crippen MR) is 134 cm³/mol. The highest BCUT2D eigenvalue weighted by molar-refractivity contribution is 6.07.